The molecule has 1 atom stereocenters. The first-order valence-corrected chi connectivity index (χ1v) is 9.80. The molecule has 0 bridgehead atoms. The number of anilines is 2. The van der Waals surface area contributed by atoms with E-state index < -0.39 is 0 Å². The minimum absolute atomic E-state index is 0.395. The van der Waals surface area contributed by atoms with Crippen LogP contribution in [0.4, 0.5) is 11.4 Å². The zero-order valence-corrected chi connectivity index (χ0v) is 16.5. The smallest absolute Gasteiger partial charge is 0.121 e. The Balaban J connectivity index is 0.000000454. The molecule has 0 N–H and O–H groups in total. The average Bonchev–Trinajstić information content (AvgIpc) is 2.74. The van der Waals surface area contributed by atoms with E-state index in [1.165, 1.54) is 37.1 Å². The molecule has 1 unspecified atom stereocenters. The van der Waals surface area contributed by atoms with Gasteiger partial charge in [0.05, 0.1) is 24.1 Å². The summed E-state index contributed by atoms with van der Waals surface area (Å²) in [6, 6.07) is 7.48. The maximum absolute atomic E-state index is 5.79. The lowest BCUT2D eigenvalue weighted by molar-refractivity contribution is 0.317. The van der Waals surface area contributed by atoms with Crippen LogP contribution in [0.1, 0.15) is 73.6 Å². The topological polar surface area (TPSA) is 15.7 Å². The van der Waals surface area contributed by atoms with E-state index in [0.717, 1.165) is 18.8 Å². The number of fused-ring (bicyclic) bond motifs is 1. The van der Waals surface area contributed by atoms with Crippen molar-refractivity contribution in [3.05, 3.63) is 18.2 Å². The Morgan fingerprint density at radius 1 is 0.958 bits per heavy atom. The number of hydrogen-bond donors (Lipinski definition) is 0. The van der Waals surface area contributed by atoms with Crippen LogP contribution in [0, 0.1) is 0 Å². The molecule has 1 aliphatic heterocycles. The van der Waals surface area contributed by atoms with Gasteiger partial charge in [-0.2, -0.15) is 0 Å². The van der Waals surface area contributed by atoms with Crippen molar-refractivity contribution in [2.24, 2.45) is 0 Å². The number of rotatable bonds is 5. The Morgan fingerprint density at radius 3 is 1.96 bits per heavy atom. The molecule has 1 heterocycles. The lowest BCUT2D eigenvalue weighted by Gasteiger charge is -2.35. The molecular formula is C21H36N2O. The lowest BCUT2D eigenvalue weighted by atomic mass is 10.0. The van der Waals surface area contributed by atoms with Gasteiger partial charge in [-0.25, -0.2) is 0 Å². The molecule has 1 aromatic rings. The van der Waals surface area contributed by atoms with Crippen LogP contribution in [0.3, 0.4) is 0 Å². The van der Waals surface area contributed by atoms with Crippen LogP contribution in [0.15, 0.2) is 18.2 Å². The molecule has 1 fully saturated rings. The summed E-state index contributed by atoms with van der Waals surface area (Å²) in [5.74, 6) is 0.981. The predicted octanol–water partition coefficient (Wildman–Crippen LogP) is 5.83. The van der Waals surface area contributed by atoms with Crippen molar-refractivity contribution in [3.63, 3.8) is 0 Å². The standard InChI is InChI=1S/C17H28N2O.C4H8/c1-7-10-20-15-8-9-16-17(11-15)19(13(4)5)14(6)18(16)12(2)3;1-2-4-3-1/h8-9,11-14H,7,10H2,1-6H3;1-4H2. The highest BCUT2D eigenvalue weighted by molar-refractivity contribution is 5.79. The van der Waals surface area contributed by atoms with Crippen LogP contribution < -0.4 is 14.5 Å². The van der Waals surface area contributed by atoms with Gasteiger partial charge in [0, 0.05) is 18.2 Å². The molecular weight excluding hydrogens is 296 g/mol. The second kappa shape index (κ2) is 8.64. The summed E-state index contributed by atoms with van der Waals surface area (Å²) < 4.78 is 5.79. The van der Waals surface area contributed by atoms with E-state index in [9.17, 15) is 0 Å². The van der Waals surface area contributed by atoms with Gasteiger partial charge < -0.3 is 14.5 Å². The zero-order chi connectivity index (χ0) is 17.7. The van der Waals surface area contributed by atoms with Crippen molar-refractivity contribution in [2.75, 3.05) is 16.4 Å². The maximum Gasteiger partial charge on any atom is 0.121 e. The van der Waals surface area contributed by atoms with E-state index in [2.05, 4.69) is 69.5 Å². The van der Waals surface area contributed by atoms with Crippen molar-refractivity contribution < 1.29 is 4.74 Å². The third kappa shape index (κ3) is 4.17. The fraction of sp³-hybridized carbons (Fsp3) is 0.714. The van der Waals surface area contributed by atoms with Gasteiger partial charge in [0.2, 0.25) is 0 Å². The van der Waals surface area contributed by atoms with E-state index in [-0.39, 0.29) is 0 Å². The number of benzene rings is 1. The van der Waals surface area contributed by atoms with Gasteiger partial charge in [-0.05, 0) is 53.2 Å². The molecule has 2 aliphatic rings. The van der Waals surface area contributed by atoms with Crippen LogP contribution in [0.5, 0.6) is 5.75 Å². The number of nitrogens with zero attached hydrogens (tertiary/aromatic N) is 2. The molecule has 3 heteroatoms. The molecule has 0 saturated heterocycles. The first-order valence-electron chi connectivity index (χ1n) is 9.80. The van der Waals surface area contributed by atoms with Crippen LogP contribution in [-0.2, 0) is 0 Å². The fourth-order valence-electron chi connectivity index (χ4n) is 3.44. The number of hydrogen-bond acceptors (Lipinski definition) is 3. The summed E-state index contributed by atoms with van der Waals surface area (Å²) in [6.45, 7) is 14.2. The first-order chi connectivity index (χ1) is 11.5. The molecule has 0 amide bonds. The normalized spacial score (nSPS) is 19.1. The quantitative estimate of drug-likeness (QED) is 0.675. The Kier molecular flexibility index (Phi) is 6.82. The molecule has 3 rings (SSSR count). The first kappa shape index (κ1) is 19.0. The highest BCUT2D eigenvalue weighted by Crippen LogP contribution is 2.43. The fourth-order valence-corrected chi connectivity index (χ4v) is 3.44. The average molecular weight is 333 g/mol. The minimum Gasteiger partial charge on any atom is -0.494 e. The van der Waals surface area contributed by atoms with Crippen molar-refractivity contribution in [2.45, 2.75) is 91.9 Å². The van der Waals surface area contributed by atoms with E-state index in [4.69, 9.17) is 4.74 Å². The van der Waals surface area contributed by atoms with Crippen LogP contribution >= 0.6 is 0 Å². The van der Waals surface area contributed by atoms with Crippen molar-refractivity contribution in [1.82, 2.24) is 0 Å². The minimum atomic E-state index is 0.395. The summed E-state index contributed by atoms with van der Waals surface area (Å²) in [5.41, 5.74) is 2.62. The SMILES string of the molecule is C1CCC1.CCCOc1ccc2c(c1)N(C(C)C)C(C)N2C(C)C. The van der Waals surface area contributed by atoms with Gasteiger partial charge in [-0.15, -0.1) is 0 Å². The second-order valence-corrected chi connectivity index (χ2v) is 7.55. The number of ether oxygens (including phenoxy) is 1. The molecule has 1 aromatic carbocycles. The van der Waals surface area contributed by atoms with E-state index >= 15 is 0 Å². The summed E-state index contributed by atoms with van der Waals surface area (Å²) in [5, 5.41) is 0. The Hall–Kier alpha value is -1.38. The van der Waals surface area contributed by atoms with E-state index in [1.54, 1.807) is 0 Å². The predicted molar refractivity (Wildman–Crippen MR) is 105 cm³/mol. The lowest BCUT2D eigenvalue weighted by Crippen LogP contribution is -2.47. The summed E-state index contributed by atoms with van der Waals surface area (Å²) >= 11 is 0. The van der Waals surface area contributed by atoms with Crippen molar-refractivity contribution >= 4 is 11.4 Å². The maximum atomic E-state index is 5.79. The summed E-state index contributed by atoms with van der Waals surface area (Å²) in [4.78, 5) is 4.97. The van der Waals surface area contributed by atoms with Crippen LogP contribution in [-0.4, -0.2) is 24.9 Å². The van der Waals surface area contributed by atoms with Crippen LogP contribution in [0.2, 0.25) is 0 Å². The Labute approximate surface area is 149 Å². The summed E-state index contributed by atoms with van der Waals surface area (Å²) in [6.07, 6.45) is 7.44. The molecule has 0 radical (unpaired) electrons. The summed E-state index contributed by atoms with van der Waals surface area (Å²) in [7, 11) is 0. The van der Waals surface area contributed by atoms with Gasteiger partial charge in [-0.3, -0.25) is 0 Å². The Morgan fingerprint density at radius 2 is 1.50 bits per heavy atom. The molecule has 1 saturated carbocycles. The third-order valence-electron chi connectivity index (χ3n) is 4.89. The van der Waals surface area contributed by atoms with Gasteiger partial charge >= 0.3 is 0 Å². The van der Waals surface area contributed by atoms with Gasteiger partial charge in [-0.1, -0.05) is 32.6 Å². The molecule has 24 heavy (non-hydrogen) atoms. The highest BCUT2D eigenvalue weighted by atomic mass is 16.5. The highest BCUT2D eigenvalue weighted by Gasteiger charge is 2.35. The molecule has 1 aliphatic carbocycles. The zero-order valence-electron chi connectivity index (χ0n) is 16.5. The van der Waals surface area contributed by atoms with E-state index in [0.29, 0.717) is 18.2 Å². The van der Waals surface area contributed by atoms with E-state index in [1.807, 2.05) is 0 Å². The van der Waals surface area contributed by atoms with Crippen LogP contribution in [0.25, 0.3) is 0 Å². The van der Waals surface area contributed by atoms with Gasteiger partial charge in [0.15, 0.2) is 0 Å². The molecule has 3 nitrogen and oxygen atoms in total. The monoisotopic (exact) mass is 332 g/mol. The van der Waals surface area contributed by atoms with Gasteiger partial charge in [0.1, 0.15) is 5.75 Å². The largest absolute Gasteiger partial charge is 0.494 e. The van der Waals surface area contributed by atoms with Crippen molar-refractivity contribution in [1.29, 1.82) is 0 Å². The van der Waals surface area contributed by atoms with Gasteiger partial charge in [0.25, 0.3) is 0 Å². The third-order valence-corrected chi connectivity index (χ3v) is 4.89. The molecule has 136 valence electrons. The molecule has 0 aromatic heterocycles. The molecule has 0 spiro atoms. The van der Waals surface area contributed by atoms with Crippen molar-refractivity contribution in [3.8, 4) is 5.75 Å². The Bertz CT molecular complexity index is 505. The second-order valence-electron chi connectivity index (χ2n) is 7.55.